The standard InChI is InChI=1S/C7H5BF5/c9-6-1-5(2-7(10)3-6)4-8(11,12)13/h1-3H,4H2/q-1. The van der Waals surface area contributed by atoms with Gasteiger partial charge in [-0.1, -0.05) is 11.9 Å². The highest BCUT2D eigenvalue weighted by Crippen LogP contribution is 2.17. The van der Waals surface area contributed by atoms with Gasteiger partial charge in [0, 0.05) is 6.07 Å². The van der Waals surface area contributed by atoms with Crippen LogP contribution in [-0.4, -0.2) is 6.98 Å². The zero-order valence-electron chi connectivity index (χ0n) is 6.41. The first-order valence-electron chi connectivity index (χ1n) is 3.53. The first-order valence-corrected chi connectivity index (χ1v) is 3.53. The Bertz CT molecular complexity index is 286. The van der Waals surface area contributed by atoms with Gasteiger partial charge in [0.25, 0.3) is 0 Å². The molecule has 0 amide bonds. The average Bonchev–Trinajstić information content (AvgIpc) is 1.78. The highest BCUT2D eigenvalue weighted by molar-refractivity contribution is 6.57. The summed E-state index contributed by atoms with van der Waals surface area (Å²) in [6.07, 6.45) is -1.26. The lowest BCUT2D eigenvalue weighted by molar-refractivity contribution is 0.467. The van der Waals surface area contributed by atoms with Crippen LogP contribution in [0.4, 0.5) is 21.7 Å². The average molecular weight is 195 g/mol. The molecule has 0 aliphatic carbocycles. The molecule has 0 atom stereocenters. The zero-order valence-corrected chi connectivity index (χ0v) is 6.41. The highest BCUT2D eigenvalue weighted by Gasteiger charge is 2.23. The van der Waals surface area contributed by atoms with Crippen molar-refractivity contribution in [2.75, 3.05) is 0 Å². The third-order valence-corrected chi connectivity index (χ3v) is 1.39. The lowest BCUT2D eigenvalue weighted by atomic mass is 9.82. The number of hydrogen-bond donors (Lipinski definition) is 0. The molecular weight excluding hydrogens is 190 g/mol. The number of benzene rings is 1. The molecule has 0 aliphatic heterocycles. The molecule has 0 N–H and O–H groups in total. The summed E-state index contributed by atoms with van der Waals surface area (Å²) in [6.45, 7) is -5.04. The number of hydrogen-bond acceptors (Lipinski definition) is 0. The molecule has 0 saturated heterocycles. The number of rotatable bonds is 2. The Balaban J connectivity index is 2.90. The van der Waals surface area contributed by atoms with Crippen LogP contribution in [0, 0.1) is 11.6 Å². The van der Waals surface area contributed by atoms with Crippen molar-refractivity contribution >= 4 is 6.98 Å². The van der Waals surface area contributed by atoms with Gasteiger partial charge in [-0.15, -0.1) is 0 Å². The Hall–Kier alpha value is -1.07. The van der Waals surface area contributed by atoms with Crippen molar-refractivity contribution in [2.45, 2.75) is 6.32 Å². The lowest BCUT2D eigenvalue weighted by Crippen LogP contribution is -2.19. The Morgan fingerprint density at radius 1 is 0.923 bits per heavy atom. The summed E-state index contributed by atoms with van der Waals surface area (Å²) in [7, 11) is 0. The second-order valence-electron chi connectivity index (χ2n) is 2.69. The number of halogens is 5. The van der Waals surface area contributed by atoms with E-state index in [1.807, 2.05) is 0 Å². The van der Waals surface area contributed by atoms with Gasteiger partial charge in [-0.05, 0) is 12.1 Å². The smallest absolute Gasteiger partial charge is 0.449 e. The van der Waals surface area contributed by atoms with Crippen molar-refractivity contribution < 1.29 is 21.7 Å². The van der Waals surface area contributed by atoms with Crippen LogP contribution in [-0.2, 0) is 6.32 Å². The molecule has 0 aliphatic rings. The summed E-state index contributed by atoms with van der Waals surface area (Å²) in [6, 6.07) is 1.89. The molecule has 0 heterocycles. The monoisotopic (exact) mass is 195 g/mol. The molecule has 6 heteroatoms. The molecule has 0 fully saturated rings. The van der Waals surface area contributed by atoms with Crippen LogP contribution >= 0.6 is 0 Å². The Labute approximate surface area is 71.4 Å². The molecule has 13 heavy (non-hydrogen) atoms. The van der Waals surface area contributed by atoms with E-state index in [9.17, 15) is 21.7 Å². The molecular formula is C7H5BF5-. The summed E-state index contributed by atoms with van der Waals surface area (Å²) < 4.78 is 60.3. The maximum atomic E-state index is 12.4. The molecule has 1 aromatic carbocycles. The van der Waals surface area contributed by atoms with E-state index in [2.05, 4.69) is 0 Å². The van der Waals surface area contributed by atoms with Crippen molar-refractivity contribution in [2.24, 2.45) is 0 Å². The van der Waals surface area contributed by atoms with Crippen molar-refractivity contribution in [3.05, 3.63) is 35.4 Å². The fraction of sp³-hybridized carbons (Fsp3) is 0.143. The van der Waals surface area contributed by atoms with Gasteiger partial charge < -0.3 is 12.9 Å². The molecule has 0 nitrogen and oxygen atoms in total. The van der Waals surface area contributed by atoms with Crippen LogP contribution in [0.3, 0.4) is 0 Å². The highest BCUT2D eigenvalue weighted by atomic mass is 19.4. The van der Waals surface area contributed by atoms with Crippen LogP contribution in [0.1, 0.15) is 5.56 Å². The van der Waals surface area contributed by atoms with Crippen LogP contribution in [0.15, 0.2) is 18.2 Å². The Morgan fingerprint density at radius 3 is 1.77 bits per heavy atom. The quantitative estimate of drug-likeness (QED) is 0.502. The minimum atomic E-state index is -5.04. The van der Waals surface area contributed by atoms with Crippen LogP contribution in [0.5, 0.6) is 0 Å². The normalized spacial score (nSPS) is 11.8. The van der Waals surface area contributed by atoms with Crippen LogP contribution in [0.25, 0.3) is 0 Å². The first kappa shape index (κ1) is 10.0. The van der Waals surface area contributed by atoms with E-state index in [4.69, 9.17) is 0 Å². The third kappa shape index (κ3) is 3.44. The van der Waals surface area contributed by atoms with E-state index >= 15 is 0 Å². The molecule has 0 spiro atoms. The van der Waals surface area contributed by atoms with Gasteiger partial charge in [0.15, 0.2) is 0 Å². The summed E-state index contributed by atoms with van der Waals surface area (Å²) in [5.41, 5.74) is -0.384. The van der Waals surface area contributed by atoms with Crippen LogP contribution < -0.4 is 0 Å². The van der Waals surface area contributed by atoms with Gasteiger partial charge in [0.1, 0.15) is 11.6 Å². The molecule has 0 saturated carbocycles. The summed E-state index contributed by atoms with van der Waals surface area (Å²) in [4.78, 5) is 0. The minimum Gasteiger partial charge on any atom is -0.449 e. The van der Waals surface area contributed by atoms with Gasteiger partial charge in [0.2, 0.25) is 0 Å². The molecule has 0 unspecified atom stereocenters. The van der Waals surface area contributed by atoms with Gasteiger partial charge in [0.05, 0.1) is 0 Å². The van der Waals surface area contributed by atoms with E-state index in [-0.39, 0.29) is 5.56 Å². The van der Waals surface area contributed by atoms with Crippen molar-refractivity contribution in [1.29, 1.82) is 0 Å². The topological polar surface area (TPSA) is 0 Å². The molecule has 1 rings (SSSR count). The predicted molar refractivity (Wildman–Crippen MR) is 39.1 cm³/mol. The van der Waals surface area contributed by atoms with Gasteiger partial charge in [-0.2, -0.15) is 0 Å². The maximum Gasteiger partial charge on any atom is 0.482 e. The molecule has 72 valence electrons. The van der Waals surface area contributed by atoms with Gasteiger partial charge in [-0.3, -0.25) is 0 Å². The zero-order chi connectivity index (χ0) is 10.1. The van der Waals surface area contributed by atoms with Crippen molar-refractivity contribution in [3.8, 4) is 0 Å². The summed E-state index contributed by atoms with van der Waals surface area (Å²) in [5, 5.41) is 0. The Kier molecular flexibility index (Phi) is 2.59. The summed E-state index contributed by atoms with van der Waals surface area (Å²) >= 11 is 0. The molecule has 0 radical (unpaired) electrons. The first-order chi connectivity index (χ1) is 5.87. The van der Waals surface area contributed by atoms with Gasteiger partial charge >= 0.3 is 6.98 Å². The van der Waals surface area contributed by atoms with E-state index in [0.717, 1.165) is 0 Å². The minimum absolute atomic E-state index is 0.384. The molecule has 0 bridgehead atoms. The van der Waals surface area contributed by atoms with E-state index in [0.29, 0.717) is 18.2 Å². The lowest BCUT2D eigenvalue weighted by Gasteiger charge is -2.13. The second-order valence-corrected chi connectivity index (χ2v) is 2.69. The van der Waals surface area contributed by atoms with E-state index in [1.54, 1.807) is 0 Å². The fourth-order valence-electron chi connectivity index (χ4n) is 0.996. The van der Waals surface area contributed by atoms with Crippen molar-refractivity contribution in [3.63, 3.8) is 0 Å². The van der Waals surface area contributed by atoms with E-state index in [1.165, 1.54) is 0 Å². The molecule has 0 aromatic heterocycles. The van der Waals surface area contributed by atoms with E-state index < -0.39 is 24.9 Å². The molecule has 1 aromatic rings. The summed E-state index contributed by atoms with van der Waals surface area (Å²) in [5.74, 6) is -1.98. The Morgan fingerprint density at radius 2 is 1.38 bits per heavy atom. The van der Waals surface area contributed by atoms with Crippen LogP contribution in [0.2, 0.25) is 0 Å². The van der Waals surface area contributed by atoms with Gasteiger partial charge in [-0.25, -0.2) is 8.78 Å². The third-order valence-electron chi connectivity index (χ3n) is 1.39. The second kappa shape index (κ2) is 3.36. The largest absolute Gasteiger partial charge is 0.482 e. The maximum absolute atomic E-state index is 12.4. The SMILES string of the molecule is Fc1cc(F)cc(C[B-](F)(F)F)c1. The fourth-order valence-corrected chi connectivity index (χ4v) is 0.996. The predicted octanol–water partition coefficient (Wildman–Crippen LogP) is 2.89. The van der Waals surface area contributed by atoms with Crippen molar-refractivity contribution in [1.82, 2.24) is 0 Å².